The minimum absolute atomic E-state index is 0.0288. The number of aromatic nitrogens is 3. The van der Waals surface area contributed by atoms with Gasteiger partial charge in [0.05, 0.1) is 31.0 Å². The summed E-state index contributed by atoms with van der Waals surface area (Å²) in [5, 5.41) is 4.73. The normalized spacial score (nSPS) is 13.3. The zero-order valence-corrected chi connectivity index (χ0v) is 16.5. The molecule has 0 unspecified atom stereocenters. The summed E-state index contributed by atoms with van der Waals surface area (Å²) in [6, 6.07) is 5.73. The fourth-order valence-corrected chi connectivity index (χ4v) is 3.62. The number of amides is 1. The van der Waals surface area contributed by atoms with E-state index in [-0.39, 0.29) is 5.91 Å². The molecule has 0 saturated heterocycles. The van der Waals surface area contributed by atoms with Gasteiger partial charge in [-0.3, -0.25) is 4.79 Å². The largest absolute Gasteiger partial charge is 0.493 e. The van der Waals surface area contributed by atoms with Crippen molar-refractivity contribution in [3.05, 3.63) is 52.0 Å². The molecule has 6 nitrogen and oxygen atoms in total. The first-order chi connectivity index (χ1) is 12.9. The van der Waals surface area contributed by atoms with Crippen LogP contribution in [0.25, 0.3) is 5.65 Å². The number of carbonyl (C=O) groups excluding carboxylic acids is 1. The van der Waals surface area contributed by atoms with Crippen LogP contribution in [0.15, 0.2) is 18.2 Å². The first-order valence-corrected chi connectivity index (χ1v) is 9.27. The molecule has 0 fully saturated rings. The highest BCUT2D eigenvalue weighted by Gasteiger charge is 2.31. The summed E-state index contributed by atoms with van der Waals surface area (Å²) in [4.78, 5) is 19.7. The van der Waals surface area contributed by atoms with Gasteiger partial charge in [0, 0.05) is 17.0 Å². The topological polar surface area (TPSA) is 59.7 Å². The third-order valence-corrected chi connectivity index (χ3v) is 5.36. The van der Waals surface area contributed by atoms with Gasteiger partial charge in [-0.05, 0) is 39.3 Å². The van der Waals surface area contributed by atoms with Crippen molar-refractivity contribution >= 4 is 24.9 Å². The monoisotopic (exact) mass is 362 g/mol. The second-order valence-electron chi connectivity index (χ2n) is 7.16. The maximum atomic E-state index is 13.2. The highest BCUT2D eigenvalue weighted by molar-refractivity contribution is 6.32. The van der Waals surface area contributed by atoms with Crippen molar-refractivity contribution in [1.29, 1.82) is 0 Å². The molecule has 0 aliphatic carbocycles. The maximum absolute atomic E-state index is 13.2. The number of fused-ring (bicyclic) bond motifs is 3. The van der Waals surface area contributed by atoms with E-state index in [0.29, 0.717) is 31.0 Å². The van der Waals surface area contributed by atoms with Gasteiger partial charge in [0.25, 0.3) is 5.91 Å². The zero-order chi connectivity index (χ0) is 19.3. The number of hydrogen-bond donors (Lipinski definition) is 0. The summed E-state index contributed by atoms with van der Waals surface area (Å²) < 4.78 is 7.58. The number of benzene rings is 1. The molecule has 0 N–H and O–H groups in total. The molecule has 1 aromatic carbocycles. The van der Waals surface area contributed by atoms with E-state index in [0.717, 1.165) is 39.3 Å². The molecule has 3 aromatic rings. The second kappa shape index (κ2) is 6.41. The highest BCUT2D eigenvalue weighted by Crippen LogP contribution is 2.30. The van der Waals surface area contributed by atoms with E-state index < -0.39 is 0 Å². The minimum atomic E-state index is -0.0288. The molecule has 0 bridgehead atoms. The van der Waals surface area contributed by atoms with Crippen molar-refractivity contribution in [2.45, 2.75) is 40.8 Å². The molecule has 2 aromatic heterocycles. The molecule has 1 aliphatic heterocycles. The zero-order valence-electron chi connectivity index (χ0n) is 16.5. The van der Waals surface area contributed by atoms with Crippen LogP contribution in [0.3, 0.4) is 0 Å². The lowest BCUT2D eigenvalue weighted by Gasteiger charge is -2.19. The van der Waals surface area contributed by atoms with E-state index in [2.05, 4.69) is 13.8 Å². The highest BCUT2D eigenvalue weighted by atomic mass is 16.5. The van der Waals surface area contributed by atoms with Crippen LogP contribution in [0.1, 0.15) is 45.5 Å². The molecule has 0 spiro atoms. The Morgan fingerprint density at radius 3 is 2.78 bits per heavy atom. The molecule has 7 heteroatoms. The second-order valence-corrected chi connectivity index (χ2v) is 7.16. The summed E-state index contributed by atoms with van der Waals surface area (Å²) in [7, 11) is 1.98. The Morgan fingerprint density at radius 1 is 1.26 bits per heavy atom. The summed E-state index contributed by atoms with van der Waals surface area (Å²) in [6.45, 7) is 9.60. The van der Waals surface area contributed by atoms with Crippen LogP contribution < -0.4 is 10.2 Å². The van der Waals surface area contributed by atoms with Crippen LogP contribution in [-0.2, 0) is 13.1 Å². The fourth-order valence-electron chi connectivity index (χ4n) is 3.62. The van der Waals surface area contributed by atoms with Crippen LogP contribution in [0.4, 0.5) is 0 Å². The lowest BCUT2D eigenvalue weighted by Crippen LogP contribution is -2.27. The number of rotatable bonds is 3. The van der Waals surface area contributed by atoms with Gasteiger partial charge in [-0.2, -0.15) is 5.10 Å². The van der Waals surface area contributed by atoms with Crippen molar-refractivity contribution in [3.8, 4) is 5.75 Å². The van der Waals surface area contributed by atoms with Gasteiger partial charge in [0.2, 0.25) is 0 Å². The Kier molecular flexibility index (Phi) is 4.17. The van der Waals surface area contributed by atoms with E-state index in [1.807, 2.05) is 49.3 Å². The molecule has 4 rings (SSSR count). The summed E-state index contributed by atoms with van der Waals surface area (Å²) in [5.74, 6) is 0.603. The molecule has 0 radical (unpaired) electrons. The lowest BCUT2D eigenvalue weighted by atomic mass is 9.93. The number of aryl methyl sites for hydroxylation is 2. The first-order valence-electron chi connectivity index (χ1n) is 9.27. The Labute approximate surface area is 159 Å². The van der Waals surface area contributed by atoms with Gasteiger partial charge in [-0.25, -0.2) is 9.50 Å². The van der Waals surface area contributed by atoms with Crippen molar-refractivity contribution in [2.24, 2.45) is 0 Å². The Morgan fingerprint density at radius 2 is 2.04 bits per heavy atom. The van der Waals surface area contributed by atoms with Crippen LogP contribution >= 0.6 is 0 Å². The Hall–Kier alpha value is -2.83. The van der Waals surface area contributed by atoms with Gasteiger partial charge in [0.1, 0.15) is 13.6 Å². The standard InChI is InChI=1S/C20H23BN4O2/c1-5-27-18-7-6-14(21)8-15(18)20(26)24-9-16-17(10-24)23-25-13(4)11(2)12(3)22-19(16)25/h6-8H,5,9-10,21H2,1-4H3. The van der Waals surface area contributed by atoms with Crippen LogP contribution in [0.2, 0.25) is 0 Å². The average molecular weight is 362 g/mol. The minimum Gasteiger partial charge on any atom is -0.493 e. The quantitative estimate of drug-likeness (QED) is 0.662. The van der Waals surface area contributed by atoms with E-state index in [9.17, 15) is 4.79 Å². The molecular weight excluding hydrogens is 339 g/mol. The Balaban J connectivity index is 1.70. The smallest absolute Gasteiger partial charge is 0.258 e. The molecule has 27 heavy (non-hydrogen) atoms. The molecule has 3 heterocycles. The van der Waals surface area contributed by atoms with Crippen molar-refractivity contribution < 1.29 is 9.53 Å². The maximum Gasteiger partial charge on any atom is 0.258 e. The molecule has 0 saturated carbocycles. The number of ether oxygens (including phenoxy) is 1. The van der Waals surface area contributed by atoms with Crippen molar-refractivity contribution in [3.63, 3.8) is 0 Å². The van der Waals surface area contributed by atoms with E-state index in [1.165, 1.54) is 0 Å². The van der Waals surface area contributed by atoms with Gasteiger partial charge >= 0.3 is 0 Å². The fraction of sp³-hybridized carbons (Fsp3) is 0.350. The number of carbonyl (C=O) groups is 1. The van der Waals surface area contributed by atoms with Gasteiger partial charge in [-0.1, -0.05) is 17.6 Å². The SMILES string of the molecule is Bc1ccc(OCC)c(C(=O)N2Cc3nn4c(C)c(C)c(C)nc4c3C2)c1. The third-order valence-electron chi connectivity index (χ3n) is 5.36. The summed E-state index contributed by atoms with van der Waals surface area (Å²) in [5.41, 5.74) is 7.72. The van der Waals surface area contributed by atoms with Crippen molar-refractivity contribution in [2.75, 3.05) is 6.61 Å². The van der Waals surface area contributed by atoms with Crippen LogP contribution in [-0.4, -0.2) is 39.9 Å². The summed E-state index contributed by atoms with van der Waals surface area (Å²) >= 11 is 0. The van der Waals surface area contributed by atoms with E-state index >= 15 is 0 Å². The van der Waals surface area contributed by atoms with Gasteiger partial charge in [0.15, 0.2) is 5.65 Å². The molecule has 138 valence electrons. The first kappa shape index (κ1) is 17.6. The predicted molar refractivity (Wildman–Crippen MR) is 107 cm³/mol. The van der Waals surface area contributed by atoms with E-state index in [4.69, 9.17) is 14.8 Å². The number of hydrogen-bond acceptors (Lipinski definition) is 4. The number of nitrogens with zero attached hydrogens (tertiary/aromatic N) is 4. The van der Waals surface area contributed by atoms with Gasteiger partial charge < -0.3 is 9.64 Å². The average Bonchev–Trinajstić information content (AvgIpc) is 3.20. The third kappa shape index (κ3) is 2.78. The van der Waals surface area contributed by atoms with E-state index in [1.54, 1.807) is 0 Å². The summed E-state index contributed by atoms with van der Waals surface area (Å²) in [6.07, 6.45) is 0. The molecular formula is C20H23BN4O2. The molecule has 1 amide bonds. The lowest BCUT2D eigenvalue weighted by molar-refractivity contribution is 0.0745. The van der Waals surface area contributed by atoms with Crippen LogP contribution in [0.5, 0.6) is 5.75 Å². The van der Waals surface area contributed by atoms with Crippen LogP contribution in [0, 0.1) is 20.8 Å². The predicted octanol–water partition coefficient (Wildman–Crippen LogP) is 1.47. The molecule has 0 atom stereocenters. The van der Waals surface area contributed by atoms with Crippen molar-refractivity contribution in [1.82, 2.24) is 19.5 Å². The Bertz CT molecular complexity index is 1070. The molecule has 1 aliphatic rings. The van der Waals surface area contributed by atoms with Gasteiger partial charge in [-0.15, -0.1) is 0 Å².